The molecular formula is C12H12F3NO2. The Labute approximate surface area is 102 Å². The Morgan fingerprint density at radius 3 is 2.83 bits per heavy atom. The molecule has 18 heavy (non-hydrogen) atoms. The van der Waals surface area contributed by atoms with Crippen molar-refractivity contribution in [3.05, 3.63) is 23.8 Å². The molecule has 0 N–H and O–H groups in total. The van der Waals surface area contributed by atoms with Crippen LogP contribution in [-0.2, 0) is 11.2 Å². The summed E-state index contributed by atoms with van der Waals surface area (Å²) in [5, 5.41) is 0. The molecule has 0 radical (unpaired) electrons. The molecule has 98 valence electrons. The van der Waals surface area contributed by atoms with E-state index in [9.17, 15) is 18.0 Å². The van der Waals surface area contributed by atoms with Crippen molar-refractivity contribution in [2.45, 2.75) is 12.6 Å². The van der Waals surface area contributed by atoms with Crippen LogP contribution in [0.15, 0.2) is 18.2 Å². The van der Waals surface area contributed by atoms with Gasteiger partial charge in [0.25, 0.3) is 0 Å². The van der Waals surface area contributed by atoms with Crippen molar-refractivity contribution in [1.29, 1.82) is 0 Å². The van der Waals surface area contributed by atoms with Crippen LogP contribution in [0.5, 0.6) is 5.75 Å². The molecule has 1 aromatic rings. The zero-order valence-electron chi connectivity index (χ0n) is 9.75. The molecule has 2 rings (SSSR count). The van der Waals surface area contributed by atoms with Crippen molar-refractivity contribution in [1.82, 2.24) is 0 Å². The van der Waals surface area contributed by atoms with Gasteiger partial charge < -0.3 is 9.64 Å². The minimum Gasteiger partial charge on any atom is -0.490 e. The number of halogens is 3. The van der Waals surface area contributed by atoms with Crippen LogP contribution >= 0.6 is 0 Å². The summed E-state index contributed by atoms with van der Waals surface area (Å²) in [4.78, 5) is 12.8. The quantitative estimate of drug-likeness (QED) is 0.815. The fraction of sp³-hybridized carbons (Fsp3) is 0.417. The lowest BCUT2D eigenvalue weighted by molar-refractivity contribution is -0.170. The molecule has 1 aromatic carbocycles. The number of ketones is 1. The lowest BCUT2D eigenvalue weighted by Gasteiger charge is -2.28. The summed E-state index contributed by atoms with van der Waals surface area (Å²) in [6.45, 7) is 1.22. The number of Topliss-reactive ketones (excluding diaryl/α,β-unsaturated/α-hetero) is 1. The van der Waals surface area contributed by atoms with Crippen molar-refractivity contribution in [3.63, 3.8) is 0 Å². The van der Waals surface area contributed by atoms with E-state index < -0.39 is 18.4 Å². The molecule has 0 fully saturated rings. The molecule has 0 aromatic heterocycles. The number of hydrogen-bond acceptors (Lipinski definition) is 3. The maximum Gasteiger partial charge on any atom is 0.450 e. The third-order valence-corrected chi connectivity index (χ3v) is 2.80. The molecule has 0 amide bonds. The molecule has 1 heterocycles. The molecule has 3 nitrogen and oxygen atoms in total. The van der Waals surface area contributed by atoms with Gasteiger partial charge >= 0.3 is 6.18 Å². The van der Waals surface area contributed by atoms with Gasteiger partial charge in [0.1, 0.15) is 12.4 Å². The third kappa shape index (κ3) is 2.57. The second kappa shape index (κ2) is 4.51. The molecule has 0 aliphatic carbocycles. The first kappa shape index (κ1) is 12.7. The number of likely N-dealkylation sites (N-methyl/N-ethyl adjacent to an activating group) is 1. The Bertz CT molecular complexity index is 471. The van der Waals surface area contributed by atoms with Gasteiger partial charge in [-0.2, -0.15) is 13.2 Å². The molecule has 0 spiro atoms. The van der Waals surface area contributed by atoms with E-state index in [0.29, 0.717) is 30.2 Å². The lowest BCUT2D eigenvalue weighted by atomic mass is 10.1. The molecule has 0 saturated carbocycles. The minimum atomic E-state index is -4.78. The summed E-state index contributed by atoms with van der Waals surface area (Å²) < 4.78 is 41.9. The van der Waals surface area contributed by atoms with Crippen LogP contribution in [0.3, 0.4) is 0 Å². The van der Waals surface area contributed by atoms with Gasteiger partial charge in [-0.1, -0.05) is 6.07 Å². The van der Waals surface area contributed by atoms with E-state index in [2.05, 4.69) is 0 Å². The Balaban J connectivity index is 2.21. The standard InChI is InChI=1S/C12H12F3NO2/c1-16-4-5-18-10-3-2-8(6-9(10)16)7-11(17)12(13,14)15/h2-3,6H,4-5,7H2,1H3. The van der Waals surface area contributed by atoms with Crippen molar-refractivity contribution < 1.29 is 22.7 Å². The summed E-state index contributed by atoms with van der Waals surface area (Å²) in [5.74, 6) is -1.10. The lowest BCUT2D eigenvalue weighted by Crippen LogP contribution is -2.29. The Morgan fingerprint density at radius 1 is 1.44 bits per heavy atom. The molecule has 0 saturated heterocycles. The van der Waals surface area contributed by atoms with Crippen LogP contribution in [0.1, 0.15) is 5.56 Å². The van der Waals surface area contributed by atoms with Gasteiger partial charge in [0.2, 0.25) is 5.78 Å². The van der Waals surface area contributed by atoms with Gasteiger partial charge in [0.15, 0.2) is 0 Å². The average molecular weight is 259 g/mol. The number of anilines is 1. The second-order valence-corrected chi connectivity index (χ2v) is 4.17. The second-order valence-electron chi connectivity index (χ2n) is 4.17. The van der Waals surface area contributed by atoms with Gasteiger partial charge in [-0.25, -0.2) is 0 Å². The normalized spacial score (nSPS) is 15.0. The summed E-state index contributed by atoms with van der Waals surface area (Å²) in [6.07, 6.45) is -5.41. The minimum absolute atomic E-state index is 0.341. The Kier molecular flexibility index (Phi) is 3.19. The first-order valence-corrected chi connectivity index (χ1v) is 5.45. The maximum atomic E-state index is 12.2. The monoisotopic (exact) mass is 259 g/mol. The fourth-order valence-electron chi connectivity index (χ4n) is 1.79. The van der Waals surface area contributed by atoms with Crippen molar-refractivity contribution in [3.8, 4) is 5.75 Å². The molecular weight excluding hydrogens is 247 g/mol. The number of hydrogen-bond donors (Lipinski definition) is 0. The average Bonchev–Trinajstić information content (AvgIpc) is 2.29. The van der Waals surface area contributed by atoms with E-state index in [1.807, 2.05) is 11.9 Å². The molecule has 0 unspecified atom stereocenters. The predicted molar refractivity (Wildman–Crippen MR) is 60.0 cm³/mol. The highest BCUT2D eigenvalue weighted by atomic mass is 19.4. The van der Waals surface area contributed by atoms with E-state index in [4.69, 9.17) is 4.74 Å². The number of carbonyl (C=O) groups is 1. The number of rotatable bonds is 2. The number of benzene rings is 1. The zero-order chi connectivity index (χ0) is 13.3. The Morgan fingerprint density at radius 2 is 2.17 bits per heavy atom. The van der Waals surface area contributed by atoms with Crippen LogP contribution in [0.25, 0.3) is 0 Å². The number of ether oxygens (including phenoxy) is 1. The van der Waals surface area contributed by atoms with Gasteiger partial charge in [-0.05, 0) is 17.7 Å². The Hall–Kier alpha value is -1.72. The first-order valence-electron chi connectivity index (χ1n) is 5.45. The highest BCUT2D eigenvalue weighted by Gasteiger charge is 2.37. The van der Waals surface area contributed by atoms with Crippen molar-refractivity contribution in [2.24, 2.45) is 0 Å². The summed E-state index contributed by atoms with van der Waals surface area (Å²) in [5.41, 5.74) is 1.06. The van der Waals surface area contributed by atoms with Gasteiger partial charge in [-0.15, -0.1) is 0 Å². The molecule has 1 aliphatic heterocycles. The number of nitrogens with zero attached hydrogens (tertiary/aromatic N) is 1. The number of fused-ring (bicyclic) bond motifs is 1. The number of alkyl halides is 3. The molecule has 0 bridgehead atoms. The van der Waals surface area contributed by atoms with Crippen LogP contribution in [0.4, 0.5) is 18.9 Å². The van der Waals surface area contributed by atoms with Gasteiger partial charge in [-0.3, -0.25) is 4.79 Å². The van der Waals surface area contributed by atoms with E-state index >= 15 is 0 Å². The molecule has 1 aliphatic rings. The highest BCUT2D eigenvalue weighted by Crippen LogP contribution is 2.32. The van der Waals surface area contributed by atoms with E-state index in [1.165, 1.54) is 6.07 Å². The van der Waals surface area contributed by atoms with E-state index in [0.717, 1.165) is 0 Å². The summed E-state index contributed by atoms with van der Waals surface area (Å²) in [7, 11) is 1.83. The van der Waals surface area contributed by atoms with Crippen LogP contribution in [-0.4, -0.2) is 32.2 Å². The molecule has 6 heteroatoms. The topological polar surface area (TPSA) is 29.5 Å². The summed E-state index contributed by atoms with van der Waals surface area (Å²) in [6, 6.07) is 4.66. The third-order valence-electron chi connectivity index (χ3n) is 2.80. The van der Waals surface area contributed by atoms with E-state index in [-0.39, 0.29) is 0 Å². The van der Waals surface area contributed by atoms with Gasteiger partial charge in [0.05, 0.1) is 12.2 Å². The van der Waals surface area contributed by atoms with Crippen LogP contribution < -0.4 is 9.64 Å². The SMILES string of the molecule is CN1CCOc2ccc(CC(=O)C(F)(F)F)cc21. The predicted octanol–water partition coefficient (Wildman–Crippen LogP) is 2.19. The fourth-order valence-corrected chi connectivity index (χ4v) is 1.79. The molecule has 0 atom stereocenters. The summed E-state index contributed by atoms with van der Waals surface area (Å²) >= 11 is 0. The van der Waals surface area contributed by atoms with E-state index in [1.54, 1.807) is 12.1 Å². The highest BCUT2D eigenvalue weighted by molar-refractivity contribution is 5.86. The van der Waals surface area contributed by atoms with Crippen LogP contribution in [0.2, 0.25) is 0 Å². The van der Waals surface area contributed by atoms with Gasteiger partial charge in [0, 0.05) is 13.5 Å². The van der Waals surface area contributed by atoms with Crippen LogP contribution in [0, 0.1) is 0 Å². The largest absolute Gasteiger partial charge is 0.490 e. The maximum absolute atomic E-state index is 12.2. The smallest absolute Gasteiger partial charge is 0.450 e. The van der Waals surface area contributed by atoms with Crippen molar-refractivity contribution >= 4 is 11.5 Å². The zero-order valence-corrected chi connectivity index (χ0v) is 9.75. The first-order chi connectivity index (χ1) is 8.38. The number of carbonyl (C=O) groups excluding carboxylic acids is 1. The van der Waals surface area contributed by atoms with Crippen molar-refractivity contribution in [2.75, 3.05) is 25.1 Å².